The number of rotatable bonds is 7. The highest BCUT2D eigenvalue weighted by atomic mass is 16.5. The van der Waals surface area contributed by atoms with Gasteiger partial charge in [0.25, 0.3) is 0 Å². The van der Waals surface area contributed by atoms with Crippen LogP contribution in [-0.4, -0.2) is 37.1 Å². The summed E-state index contributed by atoms with van der Waals surface area (Å²) in [6.45, 7) is 11.4. The topological polar surface area (TPSA) is 54.7 Å². The molecule has 5 nitrogen and oxygen atoms in total. The van der Waals surface area contributed by atoms with E-state index in [1.807, 2.05) is 6.07 Å². The van der Waals surface area contributed by atoms with E-state index in [1.54, 1.807) is 6.26 Å². The van der Waals surface area contributed by atoms with Crippen LogP contribution in [0, 0.1) is 6.92 Å². The molecule has 1 amide bonds. The van der Waals surface area contributed by atoms with Crippen LogP contribution in [0.1, 0.15) is 47.6 Å². The molecule has 1 aliphatic rings. The van der Waals surface area contributed by atoms with Crippen molar-refractivity contribution >= 4 is 16.9 Å². The number of carbonyl (C=O) groups is 1. The third kappa shape index (κ3) is 5.17. The van der Waals surface area contributed by atoms with E-state index in [0.717, 1.165) is 54.9 Å². The van der Waals surface area contributed by atoms with E-state index in [2.05, 4.69) is 61.3 Å². The molecule has 0 spiro atoms. The fraction of sp³-hybridized carbons (Fsp3) is 0.423. The largest absolute Gasteiger partial charge is 0.464 e. The summed E-state index contributed by atoms with van der Waals surface area (Å²) >= 11 is 0. The summed E-state index contributed by atoms with van der Waals surface area (Å²) in [6, 6.07) is 12.6. The van der Waals surface area contributed by atoms with Crippen LogP contribution in [0.3, 0.4) is 0 Å². The van der Waals surface area contributed by atoms with Crippen molar-refractivity contribution in [1.82, 2.24) is 10.2 Å². The zero-order valence-corrected chi connectivity index (χ0v) is 18.7. The summed E-state index contributed by atoms with van der Waals surface area (Å²) < 4.78 is 11.2. The summed E-state index contributed by atoms with van der Waals surface area (Å²) in [5, 5.41) is 4.14. The van der Waals surface area contributed by atoms with Gasteiger partial charge in [-0.15, -0.1) is 0 Å². The molecule has 0 radical (unpaired) electrons. The zero-order valence-electron chi connectivity index (χ0n) is 18.7. The second-order valence-electron chi connectivity index (χ2n) is 8.73. The molecule has 2 heterocycles. The first kappa shape index (κ1) is 21.6. The van der Waals surface area contributed by atoms with Crippen LogP contribution in [-0.2, 0) is 29.0 Å². The predicted molar refractivity (Wildman–Crippen MR) is 123 cm³/mol. The first-order chi connectivity index (χ1) is 15.0. The van der Waals surface area contributed by atoms with Crippen molar-refractivity contribution < 1.29 is 13.9 Å². The van der Waals surface area contributed by atoms with Gasteiger partial charge in [-0.05, 0) is 47.2 Å². The normalized spacial score (nSPS) is 15.0. The fourth-order valence-corrected chi connectivity index (χ4v) is 4.32. The van der Waals surface area contributed by atoms with Crippen molar-refractivity contribution in [3.05, 3.63) is 70.5 Å². The lowest BCUT2D eigenvalue weighted by molar-refractivity contribution is -0.120. The van der Waals surface area contributed by atoms with Crippen LogP contribution in [0.4, 0.5) is 0 Å². The van der Waals surface area contributed by atoms with Crippen LogP contribution < -0.4 is 5.32 Å². The molecular formula is C26H32N2O3. The maximum atomic E-state index is 12.7. The molecule has 1 aliphatic heterocycles. The lowest BCUT2D eigenvalue weighted by Gasteiger charge is -2.27. The van der Waals surface area contributed by atoms with Gasteiger partial charge in [0.05, 0.1) is 25.9 Å². The Kier molecular flexibility index (Phi) is 6.73. The number of amides is 1. The first-order valence-electron chi connectivity index (χ1n) is 11.2. The average molecular weight is 421 g/mol. The molecule has 164 valence electrons. The van der Waals surface area contributed by atoms with Gasteiger partial charge in [0.2, 0.25) is 5.91 Å². The summed E-state index contributed by atoms with van der Waals surface area (Å²) in [4.78, 5) is 15.1. The van der Waals surface area contributed by atoms with E-state index in [0.29, 0.717) is 18.9 Å². The number of nitrogens with one attached hydrogen (secondary N) is 1. The van der Waals surface area contributed by atoms with Gasteiger partial charge in [0.15, 0.2) is 0 Å². The Morgan fingerprint density at radius 3 is 2.58 bits per heavy atom. The van der Waals surface area contributed by atoms with Crippen molar-refractivity contribution in [3.8, 4) is 0 Å². The number of ether oxygens (including phenoxy) is 1. The molecule has 0 atom stereocenters. The van der Waals surface area contributed by atoms with Crippen molar-refractivity contribution in [3.63, 3.8) is 0 Å². The molecule has 2 aromatic carbocycles. The number of hydrogen-bond donors (Lipinski definition) is 1. The first-order valence-corrected chi connectivity index (χ1v) is 11.2. The summed E-state index contributed by atoms with van der Waals surface area (Å²) in [7, 11) is 0. The monoisotopic (exact) mass is 420 g/mol. The summed E-state index contributed by atoms with van der Waals surface area (Å²) in [5.41, 5.74) is 6.74. The van der Waals surface area contributed by atoms with Crippen LogP contribution in [0.5, 0.6) is 0 Å². The molecule has 1 N–H and O–H groups in total. The van der Waals surface area contributed by atoms with Gasteiger partial charge in [0, 0.05) is 37.1 Å². The van der Waals surface area contributed by atoms with Crippen molar-refractivity contribution in [1.29, 1.82) is 0 Å². The van der Waals surface area contributed by atoms with E-state index in [-0.39, 0.29) is 5.91 Å². The van der Waals surface area contributed by atoms with Gasteiger partial charge in [0.1, 0.15) is 5.58 Å². The Morgan fingerprint density at radius 1 is 1.10 bits per heavy atom. The second kappa shape index (κ2) is 9.67. The van der Waals surface area contributed by atoms with Gasteiger partial charge >= 0.3 is 0 Å². The van der Waals surface area contributed by atoms with Crippen molar-refractivity contribution in [2.24, 2.45) is 0 Å². The highest BCUT2D eigenvalue weighted by molar-refractivity contribution is 5.88. The minimum absolute atomic E-state index is 0.00977. The van der Waals surface area contributed by atoms with E-state index >= 15 is 0 Å². The Bertz CT molecular complexity index is 1050. The van der Waals surface area contributed by atoms with Crippen molar-refractivity contribution in [2.75, 3.05) is 26.3 Å². The number of nitrogens with zero attached hydrogens (tertiary/aromatic N) is 1. The molecule has 1 fully saturated rings. The molecule has 1 aromatic heterocycles. The molecule has 0 aliphatic carbocycles. The Morgan fingerprint density at radius 2 is 1.84 bits per heavy atom. The standard InChI is InChI=1S/C26H32N2O3/c1-18(2)23-14-24-22(17-31-25(24)12-19(23)3)13-26(29)27-15-20-6-4-5-7-21(20)16-28-8-10-30-11-9-28/h4-7,12,14,17-18H,8-11,13,15-16H2,1-3H3,(H,27,29). The fourth-order valence-electron chi connectivity index (χ4n) is 4.32. The number of hydrogen-bond acceptors (Lipinski definition) is 4. The molecule has 4 rings (SSSR count). The molecule has 0 unspecified atom stereocenters. The smallest absolute Gasteiger partial charge is 0.224 e. The minimum atomic E-state index is 0.00977. The Hall–Kier alpha value is -2.63. The molecule has 1 saturated heterocycles. The van der Waals surface area contributed by atoms with Gasteiger partial charge in [-0.3, -0.25) is 9.69 Å². The van der Waals surface area contributed by atoms with E-state index < -0.39 is 0 Å². The zero-order chi connectivity index (χ0) is 21.8. The molecule has 31 heavy (non-hydrogen) atoms. The lowest BCUT2D eigenvalue weighted by Crippen LogP contribution is -2.36. The van der Waals surface area contributed by atoms with Crippen LogP contribution in [0.2, 0.25) is 0 Å². The Balaban J connectivity index is 1.41. The molecular weight excluding hydrogens is 388 g/mol. The van der Waals surface area contributed by atoms with E-state index in [1.165, 1.54) is 16.7 Å². The number of carbonyl (C=O) groups excluding carboxylic acids is 1. The van der Waals surface area contributed by atoms with Crippen molar-refractivity contribution in [2.45, 2.75) is 46.2 Å². The third-order valence-electron chi connectivity index (χ3n) is 6.11. The van der Waals surface area contributed by atoms with Gasteiger partial charge in [-0.1, -0.05) is 38.1 Å². The molecule has 5 heteroatoms. The average Bonchev–Trinajstić information content (AvgIpc) is 3.14. The van der Waals surface area contributed by atoms with Gasteiger partial charge < -0.3 is 14.5 Å². The summed E-state index contributed by atoms with van der Waals surface area (Å²) in [6.07, 6.45) is 2.04. The molecule has 0 bridgehead atoms. The predicted octanol–water partition coefficient (Wildman–Crippen LogP) is 4.56. The maximum absolute atomic E-state index is 12.7. The van der Waals surface area contributed by atoms with Gasteiger partial charge in [-0.2, -0.15) is 0 Å². The number of fused-ring (bicyclic) bond motifs is 1. The van der Waals surface area contributed by atoms with Crippen LogP contribution >= 0.6 is 0 Å². The quantitative estimate of drug-likeness (QED) is 0.609. The number of furan rings is 1. The second-order valence-corrected chi connectivity index (χ2v) is 8.73. The number of benzene rings is 2. The van der Waals surface area contributed by atoms with Gasteiger partial charge in [-0.25, -0.2) is 0 Å². The molecule has 3 aromatic rings. The Labute approximate surface area is 184 Å². The lowest BCUT2D eigenvalue weighted by atomic mass is 9.95. The third-order valence-corrected chi connectivity index (χ3v) is 6.11. The van der Waals surface area contributed by atoms with Crippen LogP contribution in [0.15, 0.2) is 47.1 Å². The maximum Gasteiger partial charge on any atom is 0.224 e. The summed E-state index contributed by atoms with van der Waals surface area (Å²) in [5.74, 6) is 0.444. The number of morpholine rings is 1. The van der Waals surface area contributed by atoms with E-state index in [9.17, 15) is 4.79 Å². The minimum Gasteiger partial charge on any atom is -0.464 e. The highest BCUT2D eigenvalue weighted by Crippen LogP contribution is 2.29. The van der Waals surface area contributed by atoms with E-state index in [4.69, 9.17) is 9.15 Å². The van der Waals surface area contributed by atoms with Crippen LogP contribution in [0.25, 0.3) is 11.0 Å². The number of aryl methyl sites for hydroxylation is 1. The highest BCUT2D eigenvalue weighted by Gasteiger charge is 2.15. The molecule has 0 saturated carbocycles. The SMILES string of the molecule is Cc1cc2occ(CC(=O)NCc3ccccc3CN3CCOCC3)c2cc1C(C)C.